The molecule has 2 aromatic rings. The molecule has 0 radical (unpaired) electrons. The van der Waals surface area contributed by atoms with Crippen LogP contribution in [0, 0.1) is 0 Å². The van der Waals surface area contributed by atoms with E-state index >= 15 is 0 Å². The normalized spacial score (nSPS) is 15.3. The van der Waals surface area contributed by atoms with E-state index < -0.39 is 25.7 Å². The van der Waals surface area contributed by atoms with Crippen LogP contribution in [0.2, 0.25) is 0 Å². The summed E-state index contributed by atoms with van der Waals surface area (Å²) in [7, 11) is -8.15. The van der Waals surface area contributed by atoms with E-state index in [1.54, 1.807) is 0 Å². The zero-order chi connectivity index (χ0) is 19.7. The molecule has 27 heavy (non-hydrogen) atoms. The van der Waals surface area contributed by atoms with E-state index in [4.69, 9.17) is 9.11 Å². The van der Waals surface area contributed by atoms with Gasteiger partial charge in [-0.3, -0.25) is 9.11 Å². The molecule has 0 bridgehead atoms. The Hall–Kier alpha value is -1.74. The Morgan fingerprint density at radius 1 is 0.667 bits per heavy atom. The first kappa shape index (κ1) is 20.0. The molecule has 0 aliphatic heterocycles. The van der Waals surface area contributed by atoms with E-state index in [1.807, 2.05) is 48.5 Å². The molecule has 2 N–H and O–H groups in total. The van der Waals surface area contributed by atoms with Crippen LogP contribution in [0.25, 0.3) is 11.1 Å². The summed E-state index contributed by atoms with van der Waals surface area (Å²) < 4.78 is 63.0. The molecule has 8 heteroatoms. The zero-order valence-electron chi connectivity index (χ0n) is 14.7. The second kappa shape index (κ2) is 7.35. The monoisotopic (exact) mass is 410 g/mol. The van der Waals surface area contributed by atoms with E-state index in [9.17, 15) is 16.8 Å². The van der Waals surface area contributed by atoms with Gasteiger partial charge in [0.05, 0.1) is 11.5 Å². The molecule has 0 spiro atoms. The minimum Gasteiger partial charge on any atom is -0.286 e. The molecule has 3 rings (SSSR count). The molecular weight excluding hydrogens is 388 g/mol. The standard InChI is InChI=1S/C19H22O6S2/c20-26(21,22)13-5-11-19(12-6-14-27(23,24)25)17-9-3-1-7-15(17)16-8-2-4-10-18(16)19/h1-4,7-10H,5-6,11-14H2,(H,20,21,22)(H,23,24,25). The van der Waals surface area contributed by atoms with Crippen LogP contribution in [-0.4, -0.2) is 37.4 Å². The smallest absolute Gasteiger partial charge is 0.264 e. The predicted molar refractivity (Wildman–Crippen MR) is 104 cm³/mol. The number of rotatable bonds is 8. The minimum atomic E-state index is -4.08. The van der Waals surface area contributed by atoms with Crippen molar-refractivity contribution in [1.82, 2.24) is 0 Å². The average Bonchev–Trinajstić information content (AvgIpc) is 2.84. The molecule has 0 fully saturated rings. The van der Waals surface area contributed by atoms with E-state index in [0.717, 1.165) is 22.3 Å². The summed E-state index contributed by atoms with van der Waals surface area (Å²) in [5.41, 5.74) is 3.59. The fourth-order valence-electron chi connectivity index (χ4n) is 4.19. The number of hydrogen-bond donors (Lipinski definition) is 2. The van der Waals surface area contributed by atoms with Crippen molar-refractivity contribution >= 4 is 20.2 Å². The van der Waals surface area contributed by atoms with Gasteiger partial charge in [-0.1, -0.05) is 48.5 Å². The van der Waals surface area contributed by atoms with Crippen LogP contribution < -0.4 is 0 Å². The molecule has 0 saturated heterocycles. The average molecular weight is 411 g/mol. The Kier molecular flexibility index (Phi) is 5.45. The number of hydrogen-bond acceptors (Lipinski definition) is 4. The van der Waals surface area contributed by atoms with Gasteiger partial charge < -0.3 is 0 Å². The molecule has 1 aliphatic rings. The van der Waals surface area contributed by atoms with E-state index in [1.165, 1.54) is 0 Å². The van der Waals surface area contributed by atoms with Gasteiger partial charge in [-0.05, 0) is 47.9 Å². The lowest BCUT2D eigenvalue weighted by atomic mass is 9.71. The van der Waals surface area contributed by atoms with Crippen LogP contribution in [0.15, 0.2) is 48.5 Å². The largest absolute Gasteiger partial charge is 0.286 e. The molecule has 0 aromatic heterocycles. The SMILES string of the molecule is O=S(=O)(O)CCCC1(CCCS(=O)(=O)O)c2ccccc2-c2ccccc21. The maximum absolute atomic E-state index is 11.2. The van der Waals surface area contributed by atoms with E-state index in [-0.39, 0.29) is 24.3 Å². The Balaban J connectivity index is 2.03. The molecule has 0 unspecified atom stereocenters. The minimum absolute atomic E-state index is 0.243. The Labute approximate surface area is 159 Å². The summed E-state index contributed by atoms with van der Waals surface area (Å²) in [6.45, 7) is 0. The topological polar surface area (TPSA) is 109 Å². The van der Waals surface area contributed by atoms with Crippen LogP contribution in [0.1, 0.15) is 36.8 Å². The van der Waals surface area contributed by atoms with Crippen LogP contribution in [0.3, 0.4) is 0 Å². The number of benzene rings is 2. The van der Waals surface area contributed by atoms with E-state index in [0.29, 0.717) is 12.8 Å². The van der Waals surface area contributed by atoms with Crippen molar-refractivity contribution in [2.75, 3.05) is 11.5 Å². The summed E-state index contributed by atoms with van der Waals surface area (Å²) in [4.78, 5) is 0. The molecule has 0 heterocycles. The second-order valence-electron chi connectivity index (χ2n) is 6.95. The highest BCUT2D eigenvalue weighted by molar-refractivity contribution is 7.86. The van der Waals surface area contributed by atoms with Crippen molar-refractivity contribution in [2.24, 2.45) is 0 Å². The first-order chi connectivity index (χ1) is 12.6. The maximum atomic E-state index is 11.2. The van der Waals surface area contributed by atoms with Crippen LogP contribution in [0.5, 0.6) is 0 Å². The molecule has 0 amide bonds. The molecule has 0 saturated carbocycles. The Morgan fingerprint density at radius 2 is 1.04 bits per heavy atom. The van der Waals surface area contributed by atoms with Gasteiger partial charge in [0.15, 0.2) is 0 Å². The van der Waals surface area contributed by atoms with Gasteiger partial charge in [-0.2, -0.15) is 16.8 Å². The molecule has 2 aromatic carbocycles. The quantitative estimate of drug-likeness (QED) is 0.647. The lowest BCUT2D eigenvalue weighted by Gasteiger charge is -2.32. The van der Waals surface area contributed by atoms with Gasteiger partial charge in [0.2, 0.25) is 0 Å². The lowest BCUT2D eigenvalue weighted by Crippen LogP contribution is -2.27. The highest BCUT2D eigenvalue weighted by Crippen LogP contribution is 2.53. The van der Waals surface area contributed by atoms with Crippen LogP contribution in [0.4, 0.5) is 0 Å². The van der Waals surface area contributed by atoms with Gasteiger partial charge in [-0.25, -0.2) is 0 Å². The third-order valence-corrected chi connectivity index (χ3v) is 6.80. The third-order valence-electron chi connectivity index (χ3n) is 5.19. The van der Waals surface area contributed by atoms with Gasteiger partial charge in [-0.15, -0.1) is 0 Å². The summed E-state index contributed by atoms with van der Waals surface area (Å²) in [6.07, 6.45) is 1.39. The Morgan fingerprint density at radius 3 is 1.41 bits per heavy atom. The summed E-state index contributed by atoms with van der Waals surface area (Å²) in [5.74, 6) is -0.700. The summed E-state index contributed by atoms with van der Waals surface area (Å²) >= 11 is 0. The molecular formula is C19H22O6S2. The van der Waals surface area contributed by atoms with Gasteiger partial charge in [0, 0.05) is 5.41 Å². The summed E-state index contributed by atoms with van der Waals surface area (Å²) in [6, 6.07) is 15.6. The van der Waals surface area contributed by atoms with Gasteiger partial charge in [0.1, 0.15) is 0 Å². The second-order valence-corrected chi connectivity index (χ2v) is 10.1. The van der Waals surface area contributed by atoms with Crippen molar-refractivity contribution in [3.63, 3.8) is 0 Å². The fraction of sp³-hybridized carbons (Fsp3) is 0.368. The maximum Gasteiger partial charge on any atom is 0.264 e. The first-order valence-electron chi connectivity index (χ1n) is 8.72. The van der Waals surface area contributed by atoms with Crippen LogP contribution in [-0.2, 0) is 25.7 Å². The third kappa shape index (κ3) is 4.40. The fourth-order valence-corrected chi connectivity index (χ4v) is 5.21. The van der Waals surface area contributed by atoms with Gasteiger partial charge >= 0.3 is 0 Å². The molecule has 146 valence electrons. The van der Waals surface area contributed by atoms with Crippen molar-refractivity contribution in [2.45, 2.75) is 31.1 Å². The first-order valence-corrected chi connectivity index (χ1v) is 11.9. The van der Waals surface area contributed by atoms with Crippen molar-refractivity contribution in [1.29, 1.82) is 0 Å². The van der Waals surface area contributed by atoms with Crippen molar-refractivity contribution in [3.8, 4) is 11.1 Å². The van der Waals surface area contributed by atoms with Gasteiger partial charge in [0.25, 0.3) is 20.2 Å². The van der Waals surface area contributed by atoms with Crippen LogP contribution >= 0.6 is 0 Å². The van der Waals surface area contributed by atoms with Crippen molar-refractivity contribution in [3.05, 3.63) is 59.7 Å². The highest BCUT2D eigenvalue weighted by Gasteiger charge is 2.42. The Bertz CT molecular complexity index is 956. The zero-order valence-corrected chi connectivity index (χ0v) is 16.3. The molecule has 6 nitrogen and oxygen atoms in total. The lowest BCUT2D eigenvalue weighted by molar-refractivity contribution is 0.422. The summed E-state index contributed by atoms with van der Waals surface area (Å²) in [5, 5.41) is 0. The van der Waals surface area contributed by atoms with E-state index in [2.05, 4.69) is 0 Å². The number of fused-ring (bicyclic) bond motifs is 3. The molecule has 0 atom stereocenters. The predicted octanol–water partition coefficient (Wildman–Crippen LogP) is 3.29. The highest BCUT2D eigenvalue weighted by atomic mass is 32.2. The molecule has 1 aliphatic carbocycles. The van der Waals surface area contributed by atoms with Crippen molar-refractivity contribution < 1.29 is 25.9 Å².